The first-order valence-electron chi connectivity index (χ1n) is 7.10. The Balaban J connectivity index is 2.04. The fourth-order valence-electron chi connectivity index (χ4n) is 2.98. The highest BCUT2D eigenvalue weighted by Crippen LogP contribution is 2.30. The number of carboxylic acid groups (broad SMARTS) is 1. The normalized spacial score (nSPS) is 16.4. The zero-order valence-electron chi connectivity index (χ0n) is 11.6. The molecule has 2 aromatic heterocycles. The van der Waals surface area contributed by atoms with Crippen molar-refractivity contribution in [2.24, 2.45) is 7.05 Å². The van der Waals surface area contributed by atoms with Gasteiger partial charge in [0.2, 0.25) is 0 Å². The monoisotopic (exact) mass is 273 g/mol. The van der Waals surface area contributed by atoms with Crippen molar-refractivity contribution in [2.45, 2.75) is 38.1 Å². The summed E-state index contributed by atoms with van der Waals surface area (Å²) in [4.78, 5) is 15.7. The van der Waals surface area contributed by atoms with Gasteiger partial charge in [0.05, 0.1) is 5.69 Å². The first-order chi connectivity index (χ1) is 9.66. The van der Waals surface area contributed by atoms with Gasteiger partial charge < -0.3 is 15.0 Å². The van der Waals surface area contributed by atoms with Crippen molar-refractivity contribution in [1.29, 1.82) is 0 Å². The molecule has 0 unspecified atom stereocenters. The van der Waals surface area contributed by atoms with Crippen LogP contribution in [0.25, 0.3) is 11.0 Å². The minimum absolute atomic E-state index is 0.259. The standard InChI is InChI=1S/C15H19N3O2/c1-18-8-7-11-13(17-10-5-3-2-4-6-10)12(15(19)20)9-16-14(11)18/h7-10H,2-6H2,1H3,(H,16,17)(H,19,20). The van der Waals surface area contributed by atoms with Crippen molar-refractivity contribution in [1.82, 2.24) is 9.55 Å². The van der Waals surface area contributed by atoms with Crippen LogP contribution in [0.2, 0.25) is 0 Å². The number of aromatic carboxylic acids is 1. The van der Waals surface area contributed by atoms with E-state index >= 15 is 0 Å². The first-order valence-corrected chi connectivity index (χ1v) is 7.10. The average Bonchev–Trinajstić information content (AvgIpc) is 2.82. The van der Waals surface area contributed by atoms with Gasteiger partial charge in [-0.1, -0.05) is 19.3 Å². The maximum absolute atomic E-state index is 11.4. The molecule has 0 amide bonds. The predicted octanol–water partition coefficient (Wildman–Crippen LogP) is 3.02. The van der Waals surface area contributed by atoms with Crippen LogP contribution in [0.4, 0.5) is 5.69 Å². The second-order valence-corrected chi connectivity index (χ2v) is 5.50. The number of hydrogen-bond donors (Lipinski definition) is 2. The Morgan fingerprint density at radius 1 is 1.40 bits per heavy atom. The Labute approximate surface area is 117 Å². The summed E-state index contributed by atoms with van der Waals surface area (Å²) in [5, 5.41) is 13.7. The quantitative estimate of drug-likeness (QED) is 0.902. The maximum Gasteiger partial charge on any atom is 0.339 e. The van der Waals surface area contributed by atoms with Crippen molar-refractivity contribution in [3.05, 3.63) is 24.0 Å². The fraction of sp³-hybridized carbons (Fsp3) is 0.467. The zero-order valence-corrected chi connectivity index (χ0v) is 11.6. The summed E-state index contributed by atoms with van der Waals surface area (Å²) in [6, 6.07) is 2.30. The summed E-state index contributed by atoms with van der Waals surface area (Å²) in [7, 11) is 1.92. The molecule has 0 aromatic carbocycles. The molecule has 1 saturated carbocycles. The molecule has 106 valence electrons. The molecule has 0 radical (unpaired) electrons. The molecule has 1 aliphatic carbocycles. The molecule has 0 atom stereocenters. The van der Waals surface area contributed by atoms with E-state index in [1.165, 1.54) is 25.5 Å². The summed E-state index contributed by atoms with van der Waals surface area (Å²) in [6.45, 7) is 0. The van der Waals surface area contributed by atoms with E-state index in [2.05, 4.69) is 10.3 Å². The summed E-state index contributed by atoms with van der Waals surface area (Å²) in [5.74, 6) is -0.929. The Morgan fingerprint density at radius 2 is 2.15 bits per heavy atom. The molecule has 0 spiro atoms. The second kappa shape index (κ2) is 5.15. The Hall–Kier alpha value is -2.04. The lowest BCUT2D eigenvalue weighted by atomic mass is 9.95. The Kier molecular flexibility index (Phi) is 3.34. The molecule has 0 bridgehead atoms. The van der Waals surface area contributed by atoms with Gasteiger partial charge in [-0.3, -0.25) is 0 Å². The van der Waals surface area contributed by atoms with Crippen LogP contribution in [0.15, 0.2) is 18.5 Å². The summed E-state index contributed by atoms with van der Waals surface area (Å²) in [5.41, 5.74) is 1.79. The van der Waals surface area contributed by atoms with E-state index in [-0.39, 0.29) is 5.56 Å². The van der Waals surface area contributed by atoms with Gasteiger partial charge in [-0.25, -0.2) is 9.78 Å². The van der Waals surface area contributed by atoms with Crippen molar-refractivity contribution in [3.63, 3.8) is 0 Å². The van der Waals surface area contributed by atoms with Crippen LogP contribution >= 0.6 is 0 Å². The molecular formula is C15H19N3O2. The van der Waals surface area contributed by atoms with Gasteiger partial charge in [0.1, 0.15) is 11.2 Å². The highest BCUT2D eigenvalue weighted by Gasteiger charge is 2.20. The van der Waals surface area contributed by atoms with Crippen LogP contribution in [-0.4, -0.2) is 26.7 Å². The minimum atomic E-state index is -0.929. The first kappa shape index (κ1) is 13.0. The molecule has 2 aromatic rings. The molecular weight excluding hydrogens is 254 g/mol. The molecule has 20 heavy (non-hydrogen) atoms. The molecule has 1 fully saturated rings. The number of pyridine rings is 1. The summed E-state index contributed by atoms with van der Waals surface area (Å²) < 4.78 is 1.91. The van der Waals surface area contributed by atoms with Gasteiger partial charge >= 0.3 is 5.97 Å². The number of aryl methyl sites for hydroxylation is 1. The van der Waals surface area contributed by atoms with E-state index in [0.29, 0.717) is 6.04 Å². The van der Waals surface area contributed by atoms with E-state index in [1.807, 2.05) is 23.9 Å². The molecule has 2 N–H and O–H groups in total. The third kappa shape index (κ3) is 2.24. The average molecular weight is 273 g/mol. The van der Waals surface area contributed by atoms with Crippen LogP contribution in [0.5, 0.6) is 0 Å². The largest absolute Gasteiger partial charge is 0.478 e. The number of fused-ring (bicyclic) bond motifs is 1. The lowest BCUT2D eigenvalue weighted by Crippen LogP contribution is -2.23. The van der Waals surface area contributed by atoms with Crippen molar-refractivity contribution in [2.75, 3.05) is 5.32 Å². The molecule has 3 rings (SSSR count). The lowest BCUT2D eigenvalue weighted by Gasteiger charge is -2.25. The highest BCUT2D eigenvalue weighted by molar-refractivity contribution is 6.03. The van der Waals surface area contributed by atoms with Gasteiger partial charge in [-0.15, -0.1) is 0 Å². The van der Waals surface area contributed by atoms with Gasteiger partial charge in [-0.05, 0) is 18.9 Å². The second-order valence-electron chi connectivity index (χ2n) is 5.50. The summed E-state index contributed by atoms with van der Waals surface area (Å²) in [6.07, 6.45) is 9.28. The van der Waals surface area contributed by atoms with Gasteiger partial charge in [0, 0.05) is 30.9 Å². The van der Waals surface area contributed by atoms with Gasteiger partial charge in [-0.2, -0.15) is 0 Å². The Bertz CT molecular complexity index is 642. The number of carbonyl (C=O) groups is 1. The number of nitrogens with zero attached hydrogens (tertiary/aromatic N) is 2. The van der Waals surface area contributed by atoms with Crippen molar-refractivity contribution >= 4 is 22.7 Å². The van der Waals surface area contributed by atoms with Gasteiger partial charge in [0.15, 0.2) is 0 Å². The topological polar surface area (TPSA) is 67.2 Å². The molecule has 0 aliphatic heterocycles. The number of nitrogens with one attached hydrogen (secondary N) is 1. The molecule has 0 saturated heterocycles. The Morgan fingerprint density at radius 3 is 2.85 bits per heavy atom. The number of rotatable bonds is 3. The number of hydrogen-bond acceptors (Lipinski definition) is 3. The number of anilines is 1. The van der Waals surface area contributed by atoms with Crippen LogP contribution in [0.1, 0.15) is 42.5 Å². The van der Waals surface area contributed by atoms with E-state index < -0.39 is 5.97 Å². The van der Waals surface area contributed by atoms with Crippen LogP contribution in [-0.2, 0) is 7.05 Å². The van der Waals surface area contributed by atoms with Gasteiger partial charge in [0.25, 0.3) is 0 Å². The van der Waals surface area contributed by atoms with Crippen LogP contribution < -0.4 is 5.32 Å². The SMILES string of the molecule is Cn1ccc2c(NC3CCCCC3)c(C(=O)O)cnc21. The van der Waals surface area contributed by atoms with E-state index in [0.717, 1.165) is 29.6 Å². The smallest absolute Gasteiger partial charge is 0.339 e. The maximum atomic E-state index is 11.4. The number of aromatic nitrogens is 2. The van der Waals surface area contributed by atoms with E-state index in [4.69, 9.17) is 0 Å². The fourth-order valence-corrected chi connectivity index (χ4v) is 2.98. The number of carboxylic acids is 1. The lowest BCUT2D eigenvalue weighted by molar-refractivity contribution is 0.0697. The molecule has 1 aliphatic rings. The highest BCUT2D eigenvalue weighted by atomic mass is 16.4. The minimum Gasteiger partial charge on any atom is -0.478 e. The van der Waals surface area contributed by atoms with Crippen molar-refractivity contribution < 1.29 is 9.90 Å². The van der Waals surface area contributed by atoms with Crippen LogP contribution in [0, 0.1) is 0 Å². The van der Waals surface area contributed by atoms with Crippen LogP contribution in [0.3, 0.4) is 0 Å². The molecule has 5 nitrogen and oxygen atoms in total. The molecule has 5 heteroatoms. The zero-order chi connectivity index (χ0) is 14.1. The summed E-state index contributed by atoms with van der Waals surface area (Å²) >= 11 is 0. The predicted molar refractivity (Wildman–Crippen MR) is 78.2 cm³/mol. The van der Waals surface area contributed by atoms with Crippen molar-refractivity contribution in [3.8, 4) is 0 Å². The molecule has 2 heterocycles. The third-order valence-electron chi connectivity index (χ3n) is 4.08. The van der Waals surface area contributed by atoms with E-state index in [9.17, 15) is 9.90 Å². The van der Waals surface area contributed by atoms with E-state index in [1.54, 1.807) is 0 Å². The third-order valence-corrected chi connectivity index (χ3v) is 4.08.